The molecule has 0 aromatic heterocycles. The first-order chi connectivity index (χ1) is 10.3. The number of piperidine rings is 1. The summed E-state index contributed by atoms with van der Waals surface area (Å²) in [5.74, 6) is 0.0798. The highest BCUT2D eigenvalue weighted by atomic mass is 16.4. The van der Waals surface area contributed by atoms with E-state index < -0.39 is 5.97 Å². The maximum Gasteiger partial charge on any atom is 0.320 e. The quantitative estimate of drug-likeness (QED) is 0.848. The number of hydrogen-bond acceptors (Lipinski definition) is 3. The zero-order chi connectivity index (χ0) is 14.4. The summed E-state index contributed by atoms with van der Waals surface area (Å²) >= 11 is 0. The van der Waals surface area contributed by atoms with Gasteiger partial charge in [-0.1, -0.05) is 19.3 Å². The van der Waals surface area contributed by atoms with Crippen molar-refractivity contribution in [2.24, 2.45) is 5.92 Å². The minimum absolute atomic E-state index is 0.204. The van der Waals surface area contributed by atoms with Crippen molar-refractivity contribution in [3.63, 3.8) is 0 Å². The Morgan fingerprint density at radius 3 is 2.48 bits per heavy atom. The molecule has 0 radical (unpaired) electrons. The standard InChI is InChI=1S/C17H28N2O2/c20-17(21)16-11-12-5-1-2-6-13(12)19(16)15-8-10-18-9-4-3-7-14(15)18/h12-16H,1-11H2,(H,20,21). The summed E-state index contributed by atoms with van der Waals surface area (Å²) in [6.07, 6.45) is 11.1. The number of hydrogen-bond donors (Lipinski definition) is 1. The van der Waals surface area contributed by atoms with Crippen molar-refractivity contribution in [1.29, 1.82) is 0 Å². The van der Waals surface area contributed by atoms with Gasteiger partial charge in [0.2, 0.25) is 0 Å². The number of likely N-dealkylation sites (tertiary alicyclic amines) is 1. The lowest BCUT2D eigenvalue weighted by Crippen LogP contribution is -2.54. The summed E-state index contributed by atoms with van der Waals surface area (Å²) in [5, 5.41) is 9.73. The van der Waals surface area contributed by atoms with Gasteiger partial charge in [-0.05, 0) is 51.0 Å². The van der Waals surface area contributed by atoms with Crippen LogP contribution in [0.25, 0.3) is 0 Å². The number of carboxylic acids is 1. The maximum atomic E-state index is 11.8. The summed E-state index contributed by atoms with van der Waals surface area (Å²) < 4.78 is 0. The summed E-state index contributed by atoms with van der Waals surface area (Å²) in [4.78, 5) is 16.9. The van der Waals surface area contributed by atoms with E-state index in [2.05, 4.69) is 9.80 Å². The fraction of sp³-hybridized carbons (Fsp3) is 0.941. The van der Waals surface area contributed by atoms with Crippen LogP contribution in [0.3, 0.4) is 0 Å². The molecule has 5 unspecified atom stereocenters. The van der Waals surface area contributed by atoms with Gasteiger partial charge in [-0.3, -0.25) is 14.6 Å². The molecule has 0 amide bonds. The van der Waals surface area contributed by atoms with E-state index in [1.807, 2.05) is 0 Å². The van der Waals surface area contributed by atoms with Gasteiger partial charge in [0.1, 0.15) is 6.04 Å². The van der Waals surface area contributed by atoms with Crippen LogP contribution in [0, 0.1) is 5.92 Å². The SMILES string of the molecule is O=C(O)C1CC2CCCCC2N1C1CCN2CCCCC12. The van der Waals surface area contributed by atoms with Gasteiger partial charge in [0.25, 0.3) is 0 Å². The average molecular weight is 292 g/mol. The van der Waals surface area contributed by atoms with Crippen molar-refractivity contribution in [2.75, 3.05) is 13.1 Å². The first kappa shape index (κ1) is 14.0. The van der Waals surface area contributed by atoms with Gasteiger partial charge >= 0.3 is 5.97 Å². The van der Waals surface area contributed by atoms with Crippen LogP contribution in [0.15, 0.2) is 0 Å². The molecule has 0 bridgehead atoms. The molecule has 4 fully saturated rings. The normalized spacial score (nSPS) is 44.5. The van der Waals surface area contributed by atoms with E-state index in [1.54, 1.807) is 0 Å². The van der Waals surface area contributed by atoms with E-state index in [0.29, 0.717) is 24.0 Å². The van der Waals surface area contributed by atoms with E-state index >= 15 is 0 Å². The third-order valence-corrected chi connectivity index (χ3v) is 6.63. The lowest BCUT2D eigenvalue weighted by Gasteiger charge is -2.42. The molecule has 4 aliphatic rings. The fourth-order valence-corrected chi connectivity index (χ4v) is 5.77. The van der Waals surface area contributed by atoms with Crippen LogP contribution in [0.5, 0.6) is 0 Å². The Bertz CT molecular complexity index is 414. The third-order valence-electron chi connectivity index (χ3n) is 6.63. The van der Waals surface area contributed by atoms with Crippen molar-refractivity contribution < 1.29 is 9.90 Å². The van der Waals surface area contributed by atoms with Gasteiger partial charge in [-0.25, -0.2) is 0 Å². The molecule has 0 aromatic rings. The van der Waals surface area contributed by atoms with Gasteiger partial charge < -0.3 is 5.11 Å². The summed E-state index contributed by atoms with van der Waals surface area (Å²) in [5.41, 5.74) is 0. The van der Waals surface area contributed by atoms with Gasteiger partial charge in [-0.15, -0.1) is 0 Å². The van der Waals surface area contributed by atoms with Crippen molar-refractivity contribution in [1.82, 2.24) is 9.80 Å². The molecule has 3 heterocycles. The fourth-order valence-electron chi connectivity index (χ4n) is 5.77. The Kier molecular flexibility index (Phi) is 3.70. The Hall–Kier alpha value is -0.610. The molecule has 4 heteroatoms. The Morgan fingerprint density at radius 1 is 0.857 bits per heavy atom. The van der Waals surface area contributed by atoms with Crippen molar-refractivity contribution in [3.05, 3.63) is 0 Å². The van der Waals surface area contributed by atoms with Crippen LogP contribution in [0.2, 0.25) is 0 Å². The van der Waals surface area contributed by atoms with E-state index in [0.717, 1.165) is 6.42 Å². The van der Waals surface area contributed by atoms with Crippen LogP contribution < -0.4 is 0 Å². The predicted octanol–water partition coefficient (Wildman–Crippen LogP) is 2.33. The molecule has 4 rings (SSSR count). The van der Waals surface area contributed by atoms with Crippen LogP contribution in [-0.4, -0.2) is 58.1 Å². The second kappa shape index (κ2) is 5.54. The highest BCUT2D eigenvalue weighted by molar-refractivity contribution is 5.74. The minimum Gasteiger partial charge on any atom is -0.480 e. The van der Waals surface area contributed by atoms with Crippen LogP contribution in [-0.2, 0) is 4.79 Å². The van der Waals surface area contributed by atoms with Crippen molar-refractivity contribution in [2.45, 2.75) is 82.0 Å². The molecule has 1 aliphatic carbocycles. The van der Waals surface area contributed by atoms with Crippen molar-refractivity contribution in [3.8, 4) is 0 Å². The van der Waals surface area contributed by atoms with Gasteiger partial charge in [0.05, 0.1) is 0 Å². The monoisotopic (exact) mass is 292 g/mol. The number of carboxylic acid groups (broad SMARTS) is 1. The first-order valence-corrected chi connectivity index (χ1v) is 9.00. The first-order valence-electron chi connectivity index (χ1n) is 9.00. The Labute approximate surface area is 127 Å². The molecule has 118 valence electrons. The lowest BCUT2D eigenvalue weighted by atomic mass is 9.84. The molecule has 5 atom stereocenters. The highest BCUT2D eigenvalue weighted by Crippen LogP contribution is 2.44. The molecule has 1 N–H and O–H groups in total. The molecule has 21 heavy (non-hydrogen) atoms. The zero-order valence-corrected chi connectivity index (χ0v) is 12.9. The van der Waals surface area contributed by atoms with Gasteiger partial charge in [0, 0.05) is 24.7 Å². The second-order valence-corrected chi connectivity index (χ2v) is 7.60. The smallest absolute Gasteiger partial charge is 0.320 e. The lowest BCUT2D eigenvalue weighted by molar-refractivity contribution is -0.144. The number of carbonyl (C=O) groups is 1. The van der Waals surface area contributed by atoms with E-state index in [4.69, 9.17) is 0 Å². The van der Waals surface area contributed by atoms with E-state index in [9.17, 15) is 9.90 Å². The molecule has 1 saturated carbocycles. The van der Waals surface area contributed by atoms with E-state index in [1.165, 1.54) is 64.5 Å². The molecule has 3 saturated heterocycles. The van der Waals surface area contributed by atoms with E-state index in [-0.39, 0.29) is 6.04 Å². The summed E-state index contributed by atoms with van der Waals surface area (Å²) in [6.45, 7) is 2.43. The Balaban J connectivity index is 1.59. The molecular weight excluding hydrogens is 264 g/mol. The number of rotatable bonds is 2. The number of aliphatic carboxylic acids is 1. The van der Waals surface area contributed by atoms with Gasteiger partial charge in [-0.2, -0.15) is 0 Å². The average Bonchev–Trinajstić information content (AvgIpc) is 3.07. The molecule has 4 nitrogen and oxygen atoms in total. The predicted molar refractivity (Wildman–Crippen MR) is 81.2 cm³/mol. The van der Waals surface area contributed by atoms with Crippen LogP contribution >= 0.6 is 0 Å². The van der Waals surface area contributed by atoms with Crippen LogP contribution in [0.1, 0.15) is 57.8 Å². The largest absolute Gasteiger partial charge is 0.480 e. The topological polar surface area (TPSA) is 43.8 Å². The maximum absolute atomic E-state index is 11.8. The van der Waals surface area contributed by atoms with Crippen LogP contribution in [0.4, 0.5) is 0 Å². The molecule has 0 aromatic carbocycles. The summed E-state index contributed by atoms with van der Waals surface area (Å²) in [7, 11) is 0. The second-order valence-electron chi connectivity index (χ2n) is 7.60. The molecule has 3 aliphatic heterocycles. The Morgan fingerprint density at radius 2 is 1.62 bits per heavy atom. The number of fused-ring (bicyclic) bond motifs is 2. The zero-order valence-electron chi connectivity index (χ0n) is 12.9. The number of nitrogens with zero attached hydrogens (tertiary/aromatic N) is 2. The van der Waals surface area contributed by atoms with Crippen molar-refractivity contribution >= 4 is 5.97 Å². The highest BCUT2D eigenvalue weighted by Gasteiger charge is 2.51. The molecular formula is C17H28N2O2. The third kappa shape index (κ3) is 2.31. The van der Waals surface area contributed by atoms with Gasteiger partial charge in [0.15, 0.2) is 0 Å². The molecule has 0 spiro atoms. The minimum atomic E-state index is -0.571. The summed E-state index contributed by atoms with van der Waals surface area (Å²) in [6, 6.07) is 1.51.